The molecule has 1 atom stereocenters. The second kappa shape index (κ2) is 11.4. The lowest BCUT2D eigenvalue weighted by atomic mass is 9.90. The van der Waals surface area contributed by atoms with Crippen LogP contribution < -0.4 is 9.64 Å². The summed E-state index contributed by atoms with van der Waals surface area (Å²) in [6, 6.07) is 16.6. The summed E-state index contributed by atoms with van der Waals surface area (Å²) in [4.78, 5) is 40.9. The molecule has 1 aliphatic rings. The van der Waals surface area contributed by atoms with Crippen molar-refractivity contribution in [2.75, 3.05) is 12.0 Å². The van der Waals surface area contributed by atoms with E-state index in [1.54, 1.807) is 45.2 Å². The highest BCUT2D eigenvalue weighted by atomic mass is 16.5. The Kier molecular flexibility index (Phi) is 8.14. The van der Waals surface area contributed by atoms with Crippen LogP contribution in [-0.4, -0.2) is 36.0 Å². The maximum atomic E-state index is 13.6. The molecule has 0 saturated carbocycles. The third-order valence-electron chi connectivity index (χ3n) is 6.98. The van der Waals surface area contributed by atoms with Crippen LogP contribution in [0.15, 0.2) is 66.2 Å². The predicted molar refractivity (Wildman–Crippen MR) is 155 cm³/mol. The number of hydrogen-bond donors (Lipinski definition) is 1. The summed E-state index contributed by atoms with van der Waals surface area (Å²) in [7, 11) is 1.59. The number of rotatable bonds is 7. The highest BCUT2D eigenvalue weighted by Gasteiger charge is 2.47. The van der Waals surface area contributed by atoms with Crippen molar-refractivity contribution in [1.29, 1.82) is 0 Å². The highest BCUT2D eigenvalue weighted by Crippen LogP contribution is 2.43. The number of esters is 1. The molecule has 0 radical (unpaired) electrons. The zero-order chi connectivity index (χ0) is 29.3. The molecule has 3 aromatic carbocycles. The van der Waals surface area contributed by atoms with Gasteiger partial charge in [-0.15, -0.1) is 0 Å². The summed E-state index contributed by atoms with van der Waals surface area (Å²) in [5, 5.41) is 11.7. The Labute approximate surface area is 235 Å². The molecule has 1 heterocycles. The monoisotopic (exact) mass is 541 g/mol. The van der Waals surface area contributed by atoms with E-state index in [2.05, 4.69) is 0 Å². The first kappa shape index (κ1) is 28.6. The normalized spacial score (nSPS) is 16.6. The lowest BCUT2D eigenvalue weighted by molar-refractivity contribution is -0.132. The molecule has 7 nitrogen and oxygen atoms in total. The molecule has 1 unspecified atom stereocenters. The average Bonchev–Trinajstić information content (AvgIpc) is 3.17. The molecule has 0 aliphatic carbocycles. The Morgan fingerprint density at radius 2 is 1.62 bits per heavy atom. The topological polar surface area (TPSA) is 93.1 Å². The van der Waals surface area contributed by atoms with E-state index in [-0.39, 0.29) is 23.4 Å². The minimum Gasteiger partial charge on any atom is -0.507 e. The van der Waals surface area contributed by atoms with Crippen molar-refractivity contribution in [3.05, 3.63) is 99.6 Å². The Morgan fingerprint density at radius 1 is 0.950 bits per heavy atom. The van der Waals surface area contributed by atoms with E-state index >= 15 is 0 Å². The first-order valence-corrected chi connectivity index (χ1v) is 13.3. The van der Waals surface area contributed by atoms with Crippen LogP contribution in [0, 0.1) is 13.8 Å². The number of Topliss-reactive ketones (excluding diaryl/α,β-unsaturated/α-hetero) is 1. The van der Waals surface area contributed by atoms with Crippen LogP contribution in [0.25, 0.3) is 5.76 Å². The van der Waals surface area contributed by atoms with E-state index < -0.39 is 23.7 Å². The zero-order valence-electron chi connectivity index (χ0n) is 23.9. The van der Waals surface area contributed by atoms with Crippen molar-refractivity contribution in [3.63, 3.8) is 0 Å². The van der Waals surface area contributed by atoms with Crippen molar-refractivity contribution in [1.82, 2.24) is 0 Å². The van der Waals surface area contributed by atoms with Crippen LogP contribution in [0.2, 0.25) is 0 Å². The first-order valence-electron chi connectivity index (χ1n) is 13.3. The van der Waals surface area contributed by atoms with Crippen LogP contribution in [0.5, 0.6) is 5.75 Å². The summed E-state index contributed by atoms with van der Waals surface area (Å²) in [6.07, 6.45) is -0.274. The SMILES string of the molecule is COc1cc(C)c(/C(O)=C2\C(=O)C(=O)N(c3ccc(C(=O)OC(C)C)cc3)C2c2cccc(C)c2)cc1C(C)C. The molecule has 3 aromatic rings. The van der Waals surface area contributed by atoms with E-state index in [1.807, 2.05) is 64.1 Å². The minimum absolute atomic E-state index is 0.00173. The van der Waals surface area contributed by atoms with Gasteiger partial charge in [0.2, 0.25) is 0 Å². The summed E-state index contributed by atoms with van der Waals surface area (Å²) in [5.74, 6) is -1.48. The van der Waals surface area contributed by atoms with Crippen LogP contribution in [-0.2, 0) is 14.3 Å². The van der Waals surface area contributed by atoms with Gasteiger partial charge in [0.25, 0.3) is 11.7 Å². The van der Waals surface area contributed by atoms with Gasteiger partial charge in [0.15, 0.2) is 0 Å². The van der Waals surface area contributed by atoms with Gasteiger partial charge in [-0.25, -0.2) is 4.79 Å². The molecular formula is C33H35NO6. The third kappa shape index (κ3) is 5.37. The fraction of sp³-hybridized carbons (Fsp3) is 0.303. The van der Waals surface area contributed by atoms with Crippen LogP contribution in [0.3, 0.4) is 0 Å². The van der Waals surface area contributed by atoms with E-state index in [9.17, 15) is 19.5 Å². The standard InChI is InChI=1S/C33H35NO6/c1-18(2)25-17-26(21(6)16-27(25)39-7)30(35)28-29(23-10-8-9-20(5)15-23)34(32(37)31(28)36)24-13-11-22(12-14-24)33(38)40-19(3)4/h8-19,29,35H,1-7H3/b30-28+. The molecular weight excluding hydrogens is 506 g/mol. The first-order chi connectivity index (χ1) is 18.9. The van der Waals surface area contributed by atoms with Gasteiger partial charge in [-0.3, -0.25) is 14.5 Å². The Morgan fingerprint density at radius 3 is 2.20 bits per heavy atom. The van der Waals surface area contributed by atoms with Gasteiger partial charge in [-0.05, 0) is 86.7 Å². The number of carbonyl (C=O) groups is 3. The number of benzene rings is 3. The average molecular weight is 542 g/mol. The molecule has 40 heavy (non-hydrogen) atoms. The van der Waals surface area contributed by atoms with Crippen LogP contribution in [0.4, 0.5) is 5.69 Å². The molecule has 1 fully saturated rings. The molecule has 1 aliphatic heterocycles. The van der Waals surface area contributed by atoms with E-state index in [0.717, 1.165) is 11.1 Å². The Balaban J connectivity index is 1.91. The smallest absolute Gasteiger partial charge is 0.338 e. The maximum Gasteiger partial charge on any atom is 0.338 e. The van der Waals surface area contributed by atoms with Crippen molar-refractivity contribution in [2.24, 2.45) is 0 Å². The molecule has 1 amide bonds. The van der Waals surface area contributed by atoms with Gasteiger partial charge in [0.05, 0.1) is 30.4 Å². The van der Waals surface area contributed by atoms with Gasteiger partial charge in [0.1, 0.15) is 11.5 Å². The number of methoxy groups -OCH3 is 1. The summed E-state index contributed by atoms with van der Waals surface area (Å²) in [6.45, 7) is 11.3. The van der Waals surface area contributed by atoms with E-state index in [4.69, 9.17) is 9.47 Å². The number of nitrogens with zero attached hydrogens (tertiary/aromatic N) is 1. The van der Waals surface area contributed by atoms with E-state index in [1.165, 1.54) is 4.90 Å². The summed E-state index contributed by atoms with van der Waals surface area (Å²) >= 11 is 0. The Hall–Kier alpha value is -4.39. The third-order valence-corrected chi connectivity index (χ3v) is 6.98. The van der Waals surface area contributed by atoms with Crippen LogP contribution >= 0.6 is 0 Å². The van der Waals surface area contributed by atoms with Crippen molar-refractivity contribution >= 4 is 29.1 Å². The lowest BCUT2D eigenvalue weighted by Gasteiger charge is -2.26. The number of ketones is 1. The lowest BCUT2D eigenvalue weighted by Crippen LogP contribution is -2.29. The van der Waals surface area contributed by atoms with Crippen molar-refractivity contribution in [2.45, 2.75) is 59.6 Å². The number of aliphatic hydroxyl groups excluding tert-OH is 1. The van der Waals surface area contributed by atoms with Crippen molar-refractivity contribution < 1.29 is 29.0 Å². The minimum atomic E-state index is -0.877. The fourth-order valence-corrected chi connectivity index (χ4v) is 5.02. The summed E-state index contributed by atoms with van der Waals surface area (Å²) in [5.41, 5.74) is 4.42. The second-order valence-corrected chi connectivity index (χ2v) is 10.6. The van der Waals surface area contributed by atoms with Crippen molar-refractivity contribution in [3.8, 4) is 5.75 Å². The number of anilines is 1. The number of carbonyl (C=O) groups excluding carboxylic acids is 3. The number of hydrogen-bond acceptors (Lipinski definition) is 6. The van der Waals surface area contributed by atoms with Gasteiger partial charge in [0, 0.05) is 11.3 Å². The maximum absolute atomic E-state index is 13.6. The molecule has 208 valence electrons. The van der Waals surface area contributed by atoms with Gasteiger partial charge >= 0.3 is 5.97 Å². The molecule has 4 rings (SSSR count). The van der Waals surface area contributed by atoms with E-state index in [0.29, 0.717) is 33.7 Å². The molecule has 1 saturated heterocycles. The molecule has 0 bridgehead atoms. The van der Waals surface area contributed by atoms with Gasteiger partial charge in [-0.1, -0.05) is 43.7 Å². The largest absolute Gasteiger partial charge is 0.507 e. The zero-order valence-corrected chi connectivity index (χ0v) is 23.9. The Bertz CT molecular complexity index is 1500. The number of amides is 1. The second-order valence-electron chi connectivity index (χ2n) is 10.6. The number of aryl methyl sites for hydroxylation is 2. The van der Waals surface area contributed by atoms with Crippen LogP contribution in [0.1, 0.15) is 77.8 Å². The molecule has 0 spiro atoms. The molecule has 1 N–H and O–H groups in total. The number of ether oxygens (including phenoxy) is 2. The van der Waals surface area contributed by atoms with Gasteiger partial charge < -0.3 is 14.6 Å². The fourth-order valence-electron chi connectivity index (χ4n) is 5.02. The molecule has 7 heteroatoms. The highest BCUT2D eigenvalue weighted by molar-refractivity contribution is 6.51. The van der Waals surface area contributed by atoms with Gasteiger partial charge in [-0.2, -0.15) is 0 Å². The number of aliphatic hydroxyl groups is 1. The summed E-state index contributed by atoms with van der Waals surface area (Å²) < 4.78 is 10.8. The quantitative estimate of drug-likeness (QED) is 0.156. The molecule has 0 aromatic heterocycles. The predicted octanol–water partition coefficient (Wildman–Crippen LogP) is 6.63.